The summed E-state index contributed by atoms with van der Waals surface area (Å²) >= 11 is 0. The van der Waals surface area contributed by atoms with Crippen LogP contribution in [0.4, 0.5) is 0 Å². The molecule has 0 aromatic heterocycles. The fraction of sp³-hybridized carbons (Fsp3) is 0.571. The van der Waals surface area contributed by atoms with E-state index in [1.165, 1.54) is 0 Å². The first-order valence-corrected chi connectivity index (χ1v) is 3.08. The van der Waals surface area contributed by atoms with Gasteiger partial charge < -0.3 is 0 Å². The first kappa shape index (κ1) is 8.29. The molecule has 0 saturated heterocycles. The van der Waals surface area contributed by atoms with Crippen molar-refractivity contribution in [2.24, 2.45) is 0 Å². The summed E-state index contributed by atoms with van der Waals surface area (Å²) in [5.74, 6) is 0.551. The Labute approximate surface area is 57.6 Å². The molecule has 0 rings (SSSR count). The molecular formula is C7H11BN. The summed E-state index contributed by atoms with van der Waals surface area (Å²) in [5, 5.41) is 8.28. The van der Waals surface area contributed by atoms with Gasteiger partial charge in [-0.1, -0.05) is 26.2 Å². The molecule has 0 unspecified atom stereocenters. The first-order valence-electron chi connectivity index (χ1n) is 3.08. The van der Waals surface area contributed by atoms with Gasteiger partial charge in [-0.3, -0.25) is 0 Å². The molecule has 0 atom stereocenters. The summed E-state index contributed by atoms with van der Waals surface area (Å²) in [5.41, 5.74) is 0.642. The molecule has 0 aromatic carbocycles. The predicted molar refractivity (Wildman–Crippen MR) is 40.4 cm³/mol. The minimum atomic E-state index is 0.551. The molecule has 0 saturated carbocycles. The maximum Gasteiger partial charge on any atom is 0.119 e. The van der Waals surface area contributed by atoms with Gasteiger partial charge in [0.15, 0.2) is 0 Å². The van der Waals surface area contributed by atoms with E-state index in [0.717, 1.165) is 6.32 Å². The Balaban J connectivity index is 3.31. The van der Waals surface area contributed by atoms with Crippen molar-refractivity contribution in [3.8, 4) is 6.07 Å². The third-order valence-corrected chi connectivity index (χ3v) is 0.994. The van der Waals surface area contributed by atoms with E-state index < -0.39 is 0 Å². The molecular weight excluding hydrogens is 109 g/mol. The Morgan fingerprint density at radius 3 is 2.67 bits per heavy atom. The van der Waals surface area contributed by atoms with Crippen molar-refractivity contribution in [2.45, 2.75) is 26.0 Å². The Morgan fingerprint density at radius 1 is 1.78 bits per heavy atom. The molecule has 0 spiro atoms. The fourth-order valence-corrected chi connectivity index (χ4v) is 0.424. The van der Waals surface area contributed by atoms with Crippen LogP contribution in [-0.4, -0.2) is 7.28 Å². The summed E-state index contributed by atoms with van der Waals surface area (Å²) in [6, 6.07) is 1.99. The zero-order valence-corrected chi connectivity index (χ0v) is 6.02. The highest BCUT2D eigenvalue weighted by Crippen LogP contribution is 2.04. The molecule has 0 aliphatic rings. The molecule has 0 amide bonds. The SMILES string of the molecule is C=C(C#N)C[B]C(C)C. The van der Waals surface area contributed by atoms with Gasteiger partial charge in [-0.2, -0.15) is 5.26 Å². The standard InChI is InChI=1S/C7H11BN/c1-6(2)8-4-7(3)5-9/h6H,3-4H2,1-2H3. The quantitative estimate of drug-likeness (QED) is 0.412. The first-order chi connectivity index (χ1) is 4.16. The maximum atomic E-state index is 8.28. The predicted octanol–water partition coefficient (Wildman–Crippen LogP) is 2.02. The van der Waals surface area contributed by atoms with E-state index in [1.807, 2.05) is 6.07 Å². The highest BCUT2D eigenvalue weighted by Gasteiger charge is 1.97. The van der Waals surface area contributed by atoms with Gasteiger partial charge in [-0.15, -0.1) is 0 Å². The zero-order chi connectivity index (χ0) is 7.28. The van der Waals surface area contributed by atoms with Gasteiger partial charge in [0.05, 0.1) is 6.07 Å². The molecule has 0 aliphatic heterocycles. The van der Waals surface area contributed by atoms with Crippen LogP contribution in [0, 0.1) is 11.3 Å². The molecule has 0 N–H and O–H groups in total. The molecule has 2 heteroatoms. The summed E-state index contributed by atoms with van der Waals surface area (Å²) in [7, 11) is 2.07. The van der Waals surface area contributed by atoms with Crippen LogP contribution in [0.25, 0.3) is 0 Å². The van der Waals surface area contributed by atoms with Crippen molar-refractivity contribution in [1.82, 2.24) is 0 Å². The van der Waals surface area contributed by atoms with E-state index in [9.17, 15) is 0 Å². The second-order valence-corrected chi connectivity index (χ2v) is 2.40. The van der Waals surface area contributed by atoms with E-state index in [2.05, 4.69) is 27.7 Å². The minimum Gasteiger partial charge on any atom is -0.193 e. The molecule has 47 valence electrons. The van der Waals surface area contributed by atoms with Crippen LogP contribution in [0.5, 0.6) is 0 Å². The summed E-state index contributed by atoms with van der Waals surface area (Å²) < 4.78 is 0. The van der Waals surface area contributed by atoms with Crippen molar-refractivity contribution >= 4 is 7.28 Å². The van der Waals surface area contributed by atoms with Crippen LogP contribution in [0.15, 0.2) is 12.2 Å². The van der Waals surface area contributed by atoms with Crippen LogP contribution in [0.3, 0.4) is 0 Å². The summed E-state index contributed by atoms with van der Waals surface area (Å²) in [6.07, 6.45) is 0.730. The van der Waals surface area contributed by atoms with Crippen molar-refractivity contribution in [1.29, 1.82) is 5.26 Å². The van der Waals surface area contributed by atoms with Gasteiger partial charge >= 0.3 is 0 Å². The number of hydrogen-bond acceptors (Lipinski definition) is 1. The van der Waals surface area contributed by atoms with Gasteiger partial charge in [0.1, 0.15) is 7.28 Å². The minimum absolute atomic E-state index is 0.551. The van der Waals surface area contributed by atoms with Crippen LogP contribution >= 0.6 is 0 Å². The van der Waals surface area contributed by atoms with Gasteiger partial charge in [0, 0.05) is 5.57 Å². The van der Waals surface area contributed by atoms with E-state index in [1.54, 1.807) is 0 Å². The lowest BCUT2D eigenvalue weighted by Gasteiger charge is -1.97. The highest BCUT2D eigenvalue weighted by molar-refractivity contribution is 6.38. The summed E-state index contributed by atoms with van der Waals surface area (Å²) in [6.45, 7) is 7.73. The third kappa shape index (κ3) is 5.16. The zero-order valence-electron chi connectivity index (χ0n) is 6.02. The molecule has 1 radical (unpaired) electrons. The largest absolute Gasteiger partial charge is 0.193 e. The van der Waals surface area contributed by atoms with E-state index in [4.69, 9.17) is 5.26 Å². The van der Waals surface area contributed by atoms with Gasteiger partial charge in [0.2, 0.25) is 0 Å². The summed E-state index contributed by atoms with van der Waals surface area (Å²) in [4.78, 5) is 0. The second-order valence-electron chi connectivity index (χ2n) is 2.40. The Kier molecular flexibility index (Phi) is 3.87. The van der Waals surface area contributed by atoms with Crippen molar-refractivity contribution < 1.29 is 0 Å². The van der Waals surface area contributed by atoms with Crippen molar-refractivity contribution in [3.05, 3.63) is 12.2 Å². The molecule has 0 heterocycles. The van der Waals surface area contributed by atoms with E-state index >= 15 is 0 Å². The maximum absolute atomic E-state index is 8.28. The lowest BCUT2D eigenvalue weighted by molar-refractivity contribution is 1.05. The second kappa shape index (κ2) is 4.20. The molecule has 0 aliphatic carbocycles. The van der Waals surface area contributed by atoms with Gasteiger partial charge in [0.25, 0.3) is 0 Å². The number of hydrogen-bond donors (Lipinski definition) is 0. The van der Waals surface area contributed by atoms with Crippen molar-refractivity contribution in [2.75, 3.05) is 0 Å². The third-order valence-electron chi connectivity index (χ3n) is 0.994. The molecule has 9 heavy (non-hydrogen) atoms. The monoisotopic (exact) mass is 120 g/mol. The van der Waals surface area contributed by atoms with Crippen molar-refractivity contribution in [3.63, 3.8) is 0 Å². The Hall–Kier alpha value is -0.705. The Morgan fingerprint density at radius 2 is 2.33 bits per heavy atom. The van der Waals surface area contributed by atoms with Crippen LogP contribution in [-0.2, 0) is 0 Å². The topological polar surface area (TPSA) is 23.8 Å². The Bertz CT molecular complexity index is 132. The molecule has 0 fully saturated rings. The number of nitrogens with zero attached hydrogens (tertiary/aromatic N) is 1. The van der Waals surface area contributed by atoms with E-state index in [0.29, 0.717) is 11.4 Å². The van der Waals surface area contributed by atoms with Crippen LogP contribution in [0.1, 0.15) is 13.8 Å². The molecule has 0 aromatic rings. The fourth-order valence-electron chi connectivity index (χ4n) is 0.424. The normalized spacial score (nSPS) is 8.67. The molecule has 0 bridgehead atoms. The van der Waals surface area contributed by atoms with Gasteiger partial charge in [-0.05, 0) is 6.32 Å². The number of allylic oxidation sites excluding steroid dienone is 1. The van der Waals surface area contributed by atoms with Crippen LogP contribution < -0.4 is 0 Å². The highest BCUT2D eigenvalue weighted by atomic mass is 14.2. The lowest BCUT2D eigenvalue weighted by Crippen LogP contribution is -1.94. The van der Waals surface area contributed by atoms with E-state index in [-0.39, 0.29) is 0 Å². The van der Waals surface area contributed by atoms with Crippen LogP contribution in [0.2, 0.25) is 12.1 Å². The number of rotatable bonds is 3. The molecule has 1 nitrogen and oxygen atoms in total. The smallest absolute Gasteiger partial charge is 0.119 e. The number of nitriles is 1. The lowest BCUT2D eigenvalue weighted by atomic mass is 9.62. The average Bonchev–Trinajstić information content (AvgIpc) is 1.83. The average molecular weight is 120 g/mol. The van der Waals surface area contributed by atoms with Gasteiger partial charge in [-0.25, -0.2) is 0 Å².